The molecule has 7 nitrogen and oxygen atoms in total. The minimum absolute atomic E-state index is 0.191. The van der Waals surface area contributed by atoms with Crippen molar-refractivity contribution in [3.8, 4) is 5.82 Å². The molecule has 0 spiro atoms. The number of aryl methyl sites for hydroxylation is 1. The molecule has 4 rings (SSSR count). The fraction of sp³-hybridized carbons (Fsp3) is 0.222. The van der Waals surface area contributed by atoms with Gasteiger partial charge in [-0.15, -0.1) is 0 Å². The van der Waals surface area contributed by atoms with Crippen molar-refractivity contribution < 1.29 is 4.79 Å². The third-order valence-corrected chi connectivity index (χ3v) is 7.50. The Labute approximate surface area is 157 Å². The Kier molecular flexibility index (Phi) is 4.47. The standard InChI is InChI=1S/C18H19AsN6O/c1-11-2-3-12(17(20)26)8-14(11)24-18-21-6-7-25(18)16-9-15(22-10-23-16)19-13-4-5-13/h2-3,6-10,13,19H,4-5H2,1H3,(H2,20,26)(H,21,24). The maximum atomic E-state index is 11.4. The van der Waals surface area contributed by atoms with E-state index >= 15 is 0 Å². The van der Waals surface area contributed by atoms with Gasteiger partial charge in [0.05, 0.1) is 0 Å². The molecule has 3 N–H and O–H groups in total. The van der Waals surface area contributed by atoms with E-state index in [0.717, 1.165) is 21.8 Å². The summed E-state index contributed by atoms with van der Waals surface area (Å²) >= 11 is -0.191. The van der Waals surface area contributed by atoms with Crippen molar-refractivity contribution in [2.75, 3.05) is 5.32 Å². The van der Waals surface area contributed by atoms with E-state index in [9.17, 15) is 4.79 Å². The molecule has 132 valence electrons. The van der Waals surface area contributed by atoms with Crippen LogP contribution < -0.4 is 15.5 Å². The second-order valence-electron chi connectivity index (χ2n) is 6.32. The van der Waals surface area contributed by atoms with Crippen LogP contribution in [0.1, 0.15) is 28.8 Å². The van der Waals surface area contributed by atoms with Crippen LogP contribution in [-0.4, -0.2) is 41.2 Å². The van der Waals surface area contributed by atoms with Crippen LogP contribution in [0.15, 0.2) is 43.0 Å². The van der Waals surface area contributed by atoms with Gasteiger partial charge in [0, 0.05) is 0 Å². The first-order valence-electron chi connectivity index (χ1n) is 8.40. The van der Waals surface area contributed by atoms with Gasteiger partial charge < -0.3 is 0 Å². The molecule has 2 aromatic heterocycles. The maximum absolute atomic E-state index is 11.4. The summed E-state index contributed by atoms with van der Waals surface area (Å²) < 4.78 is 3.95. The van der Waals surface area contributed by atoms with Gasteiger partial charge in [-0.3, -0.25) is 0 Å². The Hall–Kier alpha value is -2.66. The zero-order valence-electron chi connectivity index (χ0n) is 14.3. The molecule has 0 radical (unpaired) electrons. The van der Waals surface area contributed by atoms with Crippen LogP contribution in [0.4, 0.5) is 11.6 Å². The van der Waals surface area contributed by atoms with Gasteiger partial charge in [0.15, 0.2) is 0 Å². The van der Waals surface area contributed by atoms with Crippen molar-refractivity contribution in [1.29, 1.82) is 0 Å². The summed E-state index contributed by atoms with van der Waals surface area (Å²) in [6.45, 7) is 1.96. The number of imidazole rings is 1. The number of amides is 1. The van der Waals surface area contributed by atoms with Crippen LogP contribution >= 0.6 is 0 Å². The fourth-order valence-corrected chi connectivity index (χ4v) is 5.16. The number of benzene rings is 1. The van der Waals surface area contributed by atoms with Gasteiger partial charge in [-0.05, 0) is 0 Å². The van der Waals surface area contributed by atoms with Gasteiger partial charge in [-0.1, -0.05) is 0 Å². The van der Waals surface area contributed by atoms with E-state index in [4.69, 9.17) is 5.73 Å². The molecule has 1 fully saturated rings. The zero-order valence-corrected chi connectivity index (χ0v) is 16.4. The number of carbonyl (C=O) groups is 1. The molecule has 0 aliphatic heterocycles. The monoisotopic (exact) mass is 410 g/mol. The van der Waals surface area contributed by atoms with Gasteiger partial charge >= 0.3 is 158 Å². The van der Waals surface area contributed by atoms with Crippen LogP contribution in [0.25, 0.3) is 5.82 Å². The Balaban J connectivity index is 1.63. The molecule has 0 bridgehead atoms. The SMILES string of the molecule is Cc1ccc(C(N)=O)cc1Nc1nccn1-c1cc([AsH]C2CC2)ncn1. The number of aromatic nitrogens is 4. The Morgan fingerprint density at radius 1 is 1.27 bits per heavy atom. The molecular weight excluding hydrogens is 391 g/mol. The second-order valence-corrected chi connectivity index (χ2v) is 9.71. The van der Waals surface area contributed by atoms with Gasteiger partial charge in [-0.2, -0.15) is 0 Å². The van der Waals surface area contributed by atoms with Gasteiger partial charge in [0.1, 0.15) is 0 Å². The second kappa shape index (κ2) is 6.92. The minimum atomic E-state index is -0.457. The summed E-state index contributed by atoms with van der Waals surface area (Å²) in [6, 6.07) is 7.37. The average Bonchev–Trinajstić information content (AvgIpc) is 3.31. The molecule has 2 heterocycles. The summed E-state index contributed by atoms with van der Waals surface area (Å²) in [5.74, 6) is 0.968. The summed E-state index contributed by atoms with van der Waals surface area (Å²) in [5.41, 5.74) is 7.62. The molecule has 1 saturated carbocycles. The topological polar surface area (TPSA) is 98.7 Å². The first-order chi connectivity index (χ1) is 12.6. The summed E-state index contributed by atoms with van der Waals surface area (Å²) in [6.07, 6.45) is 7.88. The van der Waals surface area contributed by atoms with E-state index in [1.165, 1.54) is 17.3 Å². The van der Waals surface area contributed by atoms with E-state index in [2.05, 4.69) is 26.3 Å². The third kappa shape index (κ3) is 3.63. The van der Waals surface area contributed by atoms with Crippen molar-refractivity contribution in [2.45, 2.75) is 24.5 Å². The summed E-state index contributed by atoms with van der Waals surface area (Å²) in [7, 11) is 0. The van der Waals surface area contributed by atoms with E-state index in [0.29, 0.717) is 11.5 Å². The fourth-order valence-electron chi connectivity index (χ4n) is 2.61. The Morgan fingerprint density at radius 3 is 2.88 bits per heavy atom. The summed E-state index contributed by atoms with van der Waals surface area (Å²) in [5, 5.41) is 3.28. The Morgan fingerprint density at radius 2 is 2.12 bits per heavy atom. The van der Waals surface area contributed by atoms with Crippen molar-refractivity contribution in [3.63, 3.8) is 0 Å². The number of rotatable bonds is 6. The molecule has 1 unspecified atom stereocenters. The van der Waals surface area contributed by atoms with Crippen molar-refractivity contribution in [2.24, 2.45) is 5.73 Å². The number of nitrogens with one attached hydrogen (secondary N) is 1. The molecule has 1 aliphatic rings. The number of nitrogens with zero attached hydrogens (tertiary/aromatic N) is 4. The molecule has 1 aromatic carbocycles. The Bertz CT molecular complexity index is 966. The van der Waals surface area contributed by atoms with Gasteiger partial charge in [0.25, 0.3) is 0 Å². The van der Waals surface area contributed by atoms with Crippen LogP contribution in [0, 0.1) is 6.92 Å². The number of hydrogen-bond donors (Lipinski definition) is 2. The number of nitrogens with two attached hydrogens (primary N) is 1. The average molecular weight is 410 g/mol. The summed E-state index contributed by atoms with van der Waals surface area (Å²) in [4.78, 5) is 24.7. The molecule has 1 aliphatic carbocycles. The quantitative estimate of drug-likeness (QED) is 0.600. The number of hydrogen-bond acceptors (Lipinski definition) is 5. The predicted octanol–water partition coefficient (Wildman–Crippen LogP) is 1.46. The number of anilines is 2. The molecule has 8 heteroatoms. The van der Waals surface area contributed by atoms with Crippen LogP contribution in [0.5, 0.6) is 0 Å². The van der Waals surface area contributed by atoms with E-state index < -0.39 is 5.91 Å². The van der Waals surface area contributed by atoms with Gasteiger partial charge in [0.2, 0.25) is 0 Å². The molecule has 0 saturated heterocycles. The third-order valence-electron chi connectivity index (χ3n) is 4.24. The van der Waals surface area contributed by atoms with E-state index in [1.54, 1.807) is 24.7 Å². The predicted molar refractivity (Wildman–Crippen MR) is 102 cm³/mol. The van der Waals surface area contributed by atoms with Crippen molar-refractivity contribution in [1.82, 2.24) is 19.5 Å². The number of carbonyl (C=O) groups excluding carboxylic acids is 1. The van der Waals surface area contributed by atoms with Crippen molar-refractivity contribution in [3.05, 3.63) is 54.1 Å². The van der Waals surface area contributed by atoms with Gasteiger partial charge in [-0.25, -0.2) is 0 Å². The van der Waals surface area contributed by atoms with E-state index in [-0.39, 0.29) is 15.8 Å². The first-order valence-corrected chi connectivity index (χ1v) is 10.7. The molecular formula is C18H19AsN6O. The van der Waals surface area contributed by atoms with Crippen LogP contribution in [0.3, 0.4) is 0 Å². The molecule has 26 heavy (non-hydrogen) atoms. The number of primary amides is 1. The van der Waals surface area contributed by atoms with Crippen molar-refractivity contribution >= 4 is 37.8 Å². The molecule has 1 amide bonds. The van der Waals surface area contributed by atoms with Crippen LogP contribution in [0.2, 0.25) is 4.71 Å². The molecule has 3 aromatic rings. The van der Waals surface area contributed by atoms with E-state index in [1.807, 2.05) is 23.8 Å². The normalized spacial score (nSPS) is 14.0. The first kappa shape index (κ1) is 16.8. The zero-order chi connectivity index (χ0) is 18.1. The molecule has 1 atom stereocenters. The van der Waals surface area contributed by atoms with Crippen LogP contribution in [-0.2, 0) is 0 Å².